The number of alkyl carbamates (subject to hydrolysis) is 1. The SMILES string of the molecule is COC(=O)c1ccc(CCNC(=O)OC(C)(C)C)cc1. The monoisotopic (exact) mass is 279 g/mol. The predicted octanol–water partition coefficient (Wildman–Crippen LogP) is 2.54. The van der Waals surface area contributed by atoms with Crippen molar-refractivity contribution in [1.82, 2.24) is 5.32 Å². The van der Waals surface area contributed by atoms with Gasteiger partial charge in [0.25, 0.3) is 0 Å². The van der Waals surface area contributed by atoms with E-state index in [1.807, 2.05) is 32.9 Å². The molecule has 20 heavy (non-hydrogen) atoms. The quantitative estimate of drug-likeness (QED) is 0.860. The molecule has 5 nitrogen and oxygen atoms in total. The molecule has 0 aromatic heterocycles. The molecule has 0 heterocycles. The lowest BCUT2D eigenvalue weighted by atomic mass is 10.1. The summed E-state index contributed by atoms with van der Waals surface area (Å²) in [5, 5.41) is 2.68. The Kier molecular flexibility index (Phi) is 5.55. The molecule has 5 heteroatoms. The first-order valence-corrected chi connectivity index (χ1v) is 6.46. The minimum Gasteiger partial charge on any atom is -0.465 e. The van der Waals surface area contributed by atoms with Crippen LogP contribution in [0.15, 0.2) is 24.3 Å². The van der Waals surface area contributed by atoms with E-state index in [-0.39, 0.29) is 5.97 Å². The van der Waals surface area contributed by atoms with Gasteiger partial charge < -0.3 is 14.8 Å². The van der Waals surface area contributed by atoms with Crippen molar-refractivity contribution in [2.45, 2.75) is 32.8 Å². The topological polar surface area (TPSA) is 64.6 Å². The minimum absolute atomic E-state index is 0.358. The molecule has 0 bridgehead atoms. The van der Waals surface area contributed by atoms with Gasteiger partial charge in [-0.3, -0.25) is 0 Å². The number of esters is 1. The van der Waals surface area contributed by atoms with E-state index < -0.39 is 11.7 Å². The maximum Gasteiger partial charge on any atom is 0.407 e. The van der Waals surface area contributed by atoms with Crippen molar-refractivity contribution in [3.05, 3.63) is 35.4 Å². The molecule has 0 radical (unpaired) electrons. The van der Waals surface area contributed by atoms with Gasteiger partial charge in [-0.15, -0.1) is 0 Å². The number of carbonyl (C=O) groups is 2. The summed E-state index contributed by atoms with van der Waals surface area (Å²) in [6, 6.07) is 7.08. The van der Waals surface area contributed by atoms with E-state index in [9.17, 15) is 9.59 Å². The normalized spacial score (nSPS) is 10.8. The van der Waals surface area contributed by atoms with Gasteiger partial charge in [0, 0.05) is 6.54 Å². The molecular weight excluding hydrogens is 258 g/mol. The Labute approximate surface area is 119 Å². The molecule has 0 spiro atoms. The van der Waals surface area contributed by atoms with Crippen LogP contribution in [0.2, 0.25) is 0 Å². The first kappa shape index (κ1) is 16.0. The van der Waals surface area contributed by atoms with Crippen LogP contribution in [0.25, 0.3) is 0 Å². The molecular formula is C15H21NO4. The fourth-order valence-electron chi connectivity index (χ4n) is 1.55. The van der Waals surface area contributed by atoms with Crippen LogP contribution in [0, 0.1) is 0 Å². The Morgan fingerprint density at radius 2 is 1.75 bits per heavy atom. The van der Waals surface area contributed by atoms with Gasteiger partial charge in [0.2, 0.25) is 0 Å². The van der Waals surface area contributed by atoms with Crippen LogP contribution in [0.5, 0.6) is 0 Å². The van der Waals surface area contributed by atoms with E-state index in [1.165, 1.54) is 7.11 Å². The van der Waals surface area contributed by atoms with Crippen LogP contribution in [0.1, 0.15) is 36.7 Å². The lowest BCUT2D eigenvalue weighted by Crippen LogP contribution is -2.33. The van der Waals surface area contributed by atoms with E-state index >= 15 is 0 Å². The zero-order valence-corrected chi connectivity index (χ0v) is 12.4. The lowest BCUT2D eigenvalue weighted by molar-refractivity contribution is 0.0527. The van der Waals surface area contributed by atoms with E-state index in [0.717, 1.165) is 5.56 Å². The Balaban J connectivity index is 2.39. The van der Waals surface area contributed by atoms with E-state index in [4.69, 9.17) is 4.74 Å². The Morgan fingerprint density at radius 3 is 2.25 bits per heavy atom. The van der Waals surface area contributed by atoms with Gasteiger partial charge in [-0.1, -0.05) is 12.1 Å². The number of benzene rings is 1. The second-order valence-electron chi connectivity index (χ2n) is 5.37. The summed E-state index contributed by atoms with van der Waals surface area (Å²) in [6.07, 6.45) is 0.240. The van der Waals surface area contributed by atoms with Gasteiger partial charge in [-0.2, -0.15) is 0 Å². The molecule has 0 saturated heterocycles. The summed E-state index contributed by atoms with van der Waals surface area (Å²) in [5.41, 5.74) is 1.04. The van der Waals surface area contributed by atoms with Gasteiger partial charge >= 0.3 is 12.1 Å². The highest BCUT2D eigenvalue weighted by atomic mass is 16.6. The maximum absolute atomic E-state index is 11.4. The highest BCUT2D eigenvalue weighted by Crippen LogP contribution is 2.08. The summed E-state index contributed by atoms with van der Waals surface area (Å²) in [4.78, 5) is 22.7. The zero-order valence-electron chi connectivity index (χ0n) is 12.4. The van der Waals surface area contributed by atoms with E-state index in [1.54, 1.807) is 12.1 Å². The van der Waals surface area contributed by atoms with Crippen molar-refractivity contribution >= 4 is 12.1 Å². The average Bonchev–Trinajstić information content (AvgIpc) is 2.36. The lowest BCUT2D eigenvalue weighted by Gasteiger charge is -2.19. The number of nitrogens with one attached hydrogen (secondary N) is 1. The van der Waals surface area contributed by atoms with Crippen LogP contribution in [-0.2, 0) is 15.9 Å². The predicted molar refractivity (Wildman–Crippen MR) is 75.7 cm³/mol. The Morgan fingerprint density at radius 1 is 1.15 bits per heavy atom. The molecule has 1 aromatic rings. The molecule has 0 aliphatic carbocycles. The molecule has 1 amide bonds. The smallest absolute Gasteiger partial charge is 0.407 e. The van der Waals surface area contributed by atoms with Gasteiger partial charge in [0.05, 0.1) is 12.7 Å². The van der Waals surface area contributed by atoms with Crippen LogP contribution in [0.4, 0.5) is 4.79 Å². The number of amides is 1. The van der Waals surface area contributed by atoms with Crippen molar-refractivity contribution in [3.8, 4) is 0 Å². The van der Waals surface area contributed by atoms with Crippen LogP contribution >= 0.6 is 0 Å². The highest BCUT2D eigenvalue weighted by molar-refractivity contribution is 5.89. The third-order valence-corrected chi connectivity index (χ3v) is 2.46. The van der Waals surface area contributed by atoms with Crippen molar-refractivity contribution in [2.75, 3.05) is 13.7 Å². The number of carbonyl (C=O) groups excluding carboxylic acids is 2. The van der Waals surface area contributed by atoms with Crippen molar-refractivity contribution < 1.29 is 19.1 Å². The summed E-state index contributed by atoms with van der Waals surface area (Å²) >= 11 is 0. The molecule has 0 aliphatic rings. The van der Waals surface area contributed by atoms with Gasteiger partial charge in [0.15, 0.2) is 0 Å². The van der Waals surface area contributed by atoms with E-state index in [0.29, 0.717) is 18.5 Å². The highest BCUT2D eigenvalue weighted by Gasteiger charge is 2.15. The summed E-state index contributed by atoms with van der Waals surface area (Å²) in [6.45, 7) is 5.93. The summed E-state index contributed by atoms with van der Waals surface area (Å²) in [5.74, 6) is -0.358. The largest absolute Gasteiger partial charge is 0.465 e. The molecule has 0 aliphatic heterocycles. The van der Waals surface area contributed by atoms with Crippen molar-refractivity contribution in [2.24, 2.45) is 0 Å². The second kappa shape index (κ2) is 6.93. The molecule has 0 saturated carbocycles. The molecule has 0 atom stereocenters. The summed E-state index contributed by atoms with van der Waals surface area (Å²) < 4.78 is 9.75. The fraction of sp³-hybridized carbons (Fsp3) is 0.467. The second-order valence-corrected chi connectivity index (χ2v) is 5.37. The fourth-order valence-corrected chi connectivity index (χ4v) is 1.55. The Bertz CT molecular complexity index is 460. The maximum atomic E-state index is 11.4. The van der Waals surface area contributed by atoms with Gasteiger partial charge in [0.1, 0.15) is 5.60 Å². The van der Waals surface area contributed by atoms with Crippen LogP contribution in [-0.4, -0.2) is 31.3 Å². The molecule has 110 valence electrons. The standard InChI is InChI=1S/C15H21NO4/c1-15(2,3)20-14(18)16-10-9-11-5-7-12(8-6-11)13(17)19-4/h5-8H,9-10H2,1-4H3,(H,16,18). The van der Waals surface area contributed by atoms with Gasteiger partial charge in [-0.05, 0) is 44.9 Å². The number of ether oxygens (including phenoxy) is 2. The molecule has 0 fully saturated rings. The number of hydrogen-bond donors (Lipinski definition) is 1. The number of methoxy groups -OCH3 is 1. The Hall–Kier alpha value is -2.04. The zero-order chi connectivity index (χ0) is 15.2. The first-order valence-electron chi connectivity index (χ1n) is 6.46. The van der Waals surface area contributed by atoms with E-state index in [2.05, 4.69) is 10.1 Å². The van der Waals surface area contributed by atoms with Gasteiger partial charge in [-0.25, -0.2) is 9.59 Å². The number of rotatable bonds is 4. The molecule has 0 unspecified atom stereocenters. The van der Waals surface area contributed by atoms with Crippen LogP contribution in [0.3, 0.4) is 0 Å². The van der Waals surface area contributed by atoms with Crippen LogP contribution < -0.4 is 5.32 Å². The van der Waals surface area contributed by atoms with Crippen molar-refractivity contribution in [1.29, 1.82) is 0 Å². The molecule has 1 N–H and O–H groups in total. The third kappa shape index (κ3) is 5.73. The average molecular weight is 279 g/mol. The summed E-state index contributed by atoms with van der Waals surface area (Å²) in [7, 11) is 1.35. The molecule has 1 aromatic carbocycles. The third-order valence-electron chi connectivity index (χ3n) is 2.46. The van der Waals surface area contributed by atoms with Crippen molar-refractivity contribution in [3.63, 3.8) is 0 Å². The first-order chi connectivity index (χ1) is 9.31. The molecule has 1 rings (SSSR count). The number of hydrogen-bond acceptors (Lipinski definition) is 4. The minimum atomic E-state index is -0.494.